The number of aromatic nitrogens is 4. The number of nitrogens with zero attached hydrogens (tertiary/aromatic N) is 4. The SMILES string of the molecule is NC(CCCCC(N)C(=O)[O-])C(=O)[O-].[Cl-].[Cl-].[Pd+2].[Pd+2].c1ccc(-c2ccccn2)nc1.c1ccc(-c2ccccn2)nc1. The Labute approximate surface area is 285 Å². The largest absolute Gasteiger partial charge is 2.00 e. The van der Waals surface area contributed by atoms with Crippen LogP contribution in [0.25, 0.3) is 22.8 Å². The fraction of sp³-hybridized carbons (Fsp3) is 0.214. The number of carboxylic acid groups (broad SMARTS) is 2. The second-order valence-electron chi connectivity index (χ2n) is 8.00. The number of unbranched alkanes of at least 4 members (excludes halogenated alkanes) is 1. The van der Waals surface area contributed by atoms with Crippen molar-refractivity contribution in [1.82, 2.24) is 19.9 Å². The third-order valence-corrected chi connectivity index (χ3v) is 5.07. The quantitative estimate of drug-likeness (QED) is 0.123. The van der Waals surface area contributed by atoms with E-state index in [1.165, 1.54) is 0 Å². The molecule has 230 valence electrons. The van der Waals surface area contributed by atoms with Gasteiger partial charge in [0.05, 0.1) is 34.7 Å². The zero-order valence-corrected chi connectivity index (χ0v) is 26.8. The van der Waals surface area contributed by atoms with Gasteiger partial charge < -0.3 is 56.1 Å². The van der Waals surface area contributed by atoms with Gasteiger partial charge in [-0.15, -0.1) is 0 Å². The monoisotopic (exact) mass is 796 g/mol. The van der Waals surface area contributed by atoms with E-state index in [4.69, 9.17) is 11.5 Å². The minimum atomic E-state index is -1.30. The van der Waals surface area contributed by atoms with Crippen LogP contribution in [0.2, 0.25) is 0 Å². The number of carboxylic acids is 2. The van der Waals surface area contributed by atoms with Gasteiger partial charge in [0.15, 0.2) is 0 Å². The summed E-state index contributed by atoms with van der Waals surface area (Å²) in [5, 5.41) is 20.3. The molecule has 0 saturated carbocycles. The van der Waals surface area contributed by atoms with Gasteiger partial charge in [0.25, 0.3) is 0 Å². The van der Waals surface area contributed by atoms with Crippen molar-refractivity contribution < 1.29 is 85.5 Å². The molecule has 0 fully saturated rings. The van der Waals surface area contributed by atoms with E-state index in [0.717, 1.165) is 22.8 Å². The number of halogens is 2. The third-order valence-electron chi connectivity index (χ3n) is 5.07. The minimum absolute atomic E-state index is 0. The van der Waals surface area contributed by atoms with Gasteiger partial charge in [-0.2, -0.15) is 0 Å². The first-order chi connectivity index (χ1) is 18.4. The van der Waals surface area contributed by atoms with Gasteiger partial charge in [-0.3, -0.25) is 19.9 Å². The minimum Gasteiger partial charge on any atom is -1.00 e. The molecule has 14 heteroatoms. The van der Waals surface area contributed by atoms with Crippen LogP contribution in [0.3, 0.4) is 0 Å². The maximum atomic E-state index is 10.2. The molecule has 0 aromatic carbocycles. The fourth-order valence-corrected chi connectivity index (χ4v) is 3.02. The van der Waals surface area contributed by atoms with E-state index in [1.54, 1.807) is 24.8 Å². The molecule has 0 aliphatic rings. The molecular formula is C28H30Cl2N6O4Pd2. The van der Waals surface area contributed by atoms with Gasteiger partial charge in [-0.1, -0.05) is 37.1 Å². The molecule has 0 aliphatic carbocycles. The van der Waals surface area contributed by atoms with Crippen LogP contribution in [0.1, 0.15) is 25.7 Å². The molecule has 0 amide bonds. The van der Waals surface area contributed by atoms with Gasteiger partial charge >= 0.3 is 40.8 Å². The Kier molecular flexibility index (Phi) is 27.2. The molecule has 2 unspecified atom stereocenters. The van der Waals surface area contributed by atoms with Crippen LogP contribution in [-0.4, -0.2) is 44.0 Å². The van der Waals surface area contributed by atoms with Crippen LogP contribution >= 0.6 is 0 Å². The first kappa shape index (κ1) is 43.8. The first-order valence-electron chi connectivity index (χ1n) is 12.0. The van der Waals surface area contributed by atoms with Crippen LogP contribution < -0.4 is 46.5 Å². The van der Waals surface area contributed by atoms with E-state index in [1.807, 2.05) is 72.8 Å². The van der Waals surface area contributed by atoms with Crippen LogP contribution in [0.4, 0.5) is 0 Å². The Morgan fingerprint density at radius 2 is 0.786 bits per heavy atom. The molecule has 42 heavy (non-hydrogen) atoms. The summed E-state index contributed by atoms with van der Waals surface area (Å²) < 4.78 is 0. The molecule has 4 N–H and O–H groups in total. The Morgan fingerprint density at radius 1 is 0.548 bits per heavy atom. The van der Waals surface area contributed by atoms with E-state index in [0.29, 0.717) is 12.8 Å². The number of carbonyl (C=O) groups excluding carboxylic acids is 2. The summed E-state index contributed by atoms with van der Waals surface area (Å²) in [5.41, 5.74) is 14.0. The van der Waals surface area contributed by atoms with Crippen molar-refractivity contribution in [2.24, 2.45) is 11.5 Å². The Hall–Kier alpha value is -2.64. The molecule has 10 nitrogen and oxygen atoms in total. The van der Waals surface area contributed by atoms with E-state index in [-0.39, 0.29) is 78.5 Å². The van der Waals surface area contributed by atoms with Crippen LogP contribution in [0, 0.1) is 0 Å². The summed E-state index contributed by atoms with van der Waals surface area (Å²) in [6, 6.07) is 21.2. The zero-order chi connectivity index (χ0) is 27.6. The van der Waals surface area contributed by atoms with E-state index in [2.05, 4.69) is 19.9 Å². The van der Waals surface area contributed by atoms with Crippen molar-refractivity contribution in [3.05, 3.63) is 97.6 Å². The predicted octanol–water partition coefficient (Wildman–Crippen LogP) is -5.01. The van der Waals surface area contributed by atoms with Gasteiger partial charge in [0.1, 0.15) is 0 Å². The van der Waals surface area contributed by atoms with Crippen LogP contribution in [0.15, 0.2) is 97.6 Å². The fourth-order valence-electron chi connectivity index (χ4n) is 3.02. The maximum absolute atomic E-state index is 10.2. The Morgan fingerprint density at radius 3 is 0.952 bits per heavy atom. The van der Waals surface area contributed by atoms with Crippen molar-refractivity contribution in [1.29, 1.82) is 0 Å². The van der Waals surface area contributed by atoms with E-state index >= 15 is 0 Å². The summed E-state index contributed by atoms with van der Waals surface area (Å²) in [4.78, 5) is 37.1. The third kappa shape index (κ3) is 18.0. The summed E-state index contributed by atoms with van der Waals surface area (Å²) in [6.45, 7) is 0. The molecule has 0 spiro atoms. The maximum Gasteiger partial charge on any atom is 2.00 e. The topological polar surface area (TPSA) is 184 Å². The number of aliphatic carboxylic acids is 2. The molecule has 0 saturated heterocycles. The van der Waals surface area contributed by atoms with Crippen molar-refractivity contribution >= 4 is 11.9 Å². The average Bonchev–Trinajstić information content (AvgIpc) is 2.97. The number of nitrogens with two attached hydrogens (primary N) is 2. The molecule has 4 aromatic heterocycles. The Balaban J connectivity index is -0.000000519. The molecule has 4 rings (SSSR count). The molecule has 0 radical (unpaired) electrons. The summed E-state index contributed by atoms with van der Waals surface area (Å²) >= 11 is 0. The molecule has 0 aliphatic heterocycles. The van der Waals surface area contributed by atoms with Crippen molar-refractivity contribution in [2.75, 3.05) is 0 Å². The standard InChI is InChI=1S/2C10H8N2.C8H16N2O4.2ClH.2Pd/c2*1-3-7-11-9(5-1)10-6-2-4-8-12-10;9-5(7(11)12)3-1-2-4-6(10)8(13)14;;;;/h2*1-8H;5-6H,1-4,9-10H2,(H,11,12)(H,13,14);2*1H;;/q;;;;;2*+2/p-4. The van der Waals surface area contributed by atoms with Crippen molar-refractivity contribution in [3.8, 4) is 22.8 Å². The average molecular weight is 798 g/mol. The molecule has 4 aromatic rings. The molecule has 0 bridgehead atoms. The number of pyridine rings is 4. The van der Waals surface area contributed by atoms with Crippen molar-refractivity contribution in [3.63, 3.8) is 0 Å². The number of carbonyl (C=O) groups is 2. The number of hydrogen-bond acceptors (Lipinski definition) is 10. The summed E-state index contributed by atoms with van der Waals surface area (Å²) in [6.07, 6.45) is 8.62. The number of rotatable bonds is 9. The Bertz CT molecular complexity index is 1050. The molecular weight excluding hydrogens is 768 g/mol. The van der Waals surface area contributed by atoms with Crippen molar-refractivity contribution in [2.45, 2.75) is 37.8 Å². The van der Waals surface area contributed by atoms with Gasteiger partial charge in [0, 0.05) is 36.9 Å². The second-order valence-corrected chi connectivity index (χ2v) is 8.00. The normalized spacial score (nSPS) is 10.4. The second kappa shape index (κ2) is 26.0. The summed E-state index contributed by atoms with van der Waals surface area (Å²) in [5.74, 6) is -2.59. The van der Waals surface area contributed by atoms with Gasteiger partial charge in [0.2, 0.25) is 0 Å². The van der Waals surface area contributed by atoms with Gasteiger partial charge in [-0.25, -0.2) is 0 Å². The number of hydrogen-bond donors (Lipinski definition) is 2. The molecule has 2 atom stereocenters. The van der Waals surface area contributed by atoms with E-state index < -0.39 is 24.0 Å². The molecule has 4 heterocycles. The first-order valence-corrected chi connectivity index (χ1v) is 12.0. The van der Waals surface area contributed by atoms with Crippen LogP contribution in [-0.2, 0) is 50.4 Å². The van der Waals surface area contributed by atoms with E-state index in [9.17, 15) is 19.8 Å². The van der Waals surface area contributed by atoms with Gasteiger partial charge in [-0.05, 0) is 61.4 Å². The zero-order valence-electron chi connectivity index (χ0n) is 22.2. The predicted molar refractivity (Wildman–Crippen MR) is 139 cm³/mol. The summed E-state index contributed by atoms with van der Waals surface area (Å²) in [7, 11) is 0. The smallest absolute Gasteiger partial charge is 1.00 e. The van der Waals surface area contributed by atoms with Crippen LogP contribution in [0.5, 0.6) is 0 Å².